The Morgan fingerprint density at radius 2 is 1.78 bits per heavy atom. The Bertz CT molecular complexity index is 1250. The van der Waals surface area contributed by atoms with Crippen molar-refractivity contribution >= 4 is 22.1 Å². The molecule has 0 N–H and O–H groups in total. The first-order valence-electron chi connectivity index (χ1n) is 10.7. The predicted molar refractivity (Wildman–Crippen MR) is 112 cm³/mol. The minimum absolute atomic E-state index is 0.0302. The number of hydrogen-bond donors (Lipinski definition) is 0. The Morgan fingerprint density at radius 1 is 0.963 bits per heavy atom. The molecule has 3 aromatic heterocycles. The maximum atomic E-state index is 7.61. The summed E-state index contributed by atoms with van der Waals surface area (Å²) in [5.74, 6) is 0. The molecule has 0 radical (unpaired) electrons. The summed E-state index contributed by atoms with van der Waals surface area (Å²) in [6.07, 6.45) is 1.84. The zero-order chi connectivity index (χ0) is 21.9. The molecule has 0 aliphatic carbocycles. The average Bonchev–Trinajstić information content (AvgIpc) is 3.04. The molecular formula is C24H26N2O. The first-order valence-corrected chi connectivity index (χ1v) is 9.19. The third kappa shape index (κ3) is 2.82. The van der Waals surface area contributed by atoms with E-state index in [-0.39, 0.29) is 16.5 Å². The van der Waals surface area contributed by atoms with Gasteiger partial charge in [0, 0.05) is 32.3 Å². The van der Waals surface area contributed by atoms with Crippen LogP contribution in [-0.2, 0) is 5.41 Å². The van der Waals surface area contributed by atoms with Crippen LogP contribution in [0.15, 0.2) is 53.1 Å². The normalized spacial score (nSPS) is 14.9. The van der Waals surface area contributed by atoms with Gasteiger partial charge in [-0.2, -0.15) is 0 Å². The molecule has 0 fully saturated rings. The molecule has 27 heavy (non-hydrogen) atoms. The monoisotopic (exact) mass is 361 g/mol. The van der Waals surface area contributed by atoms with Crippen molar-refractivity contribution in [3.05, 3.63) is 59.9 Å². The van der Waals surface area contributed by atoms with Crippen molar-refractivity contribution in [2.75, 3.05) is 0 Å². The number of rotatable bonds is 2. The molecule has 3 nitrogen and oxygen atoms in total. The minimum atomic E-state index is -2.27. The predicted octanol–water partition coefficient (Wildman–Crippen LogP) is 6.68. The van der Waals surface area contributed by atoms with Gasteiger partial charge in [0.1, 0.15) is 5.58 Å². The summed E-state index contributed by atoms with van der Waals surface area (Å²) in [7, 11) is 0. The molecule has 0 aliphatic heterocycles. The third-order valence-electron chi connectivity index (χ3n) is 6.00. The summed E-state index contributed by atoms with van der Waals surface area (Å²) >= 11 is 0. The van der Waals surface area contributed by atoms with Gasteiger partial charge >= 0.3 is 0 Å². The fourth-order valence-electron chi connectivity index (χ4n) is 3.28. The Kier molecular flexibility index (Phi) is 3.15. The van der Waals surface area contributed by atoms with Gasteiger partial charge in [0.25, 0.3) is 0 Å². The van der Waals surface area contributed by atoms with Crippen LogP contribution < -0.4 is 0 Å². The van der Waals surface area contributed by atoms with Gasteiger partial charge in [-0.25, -0.2) is 4.98 Å². The Morgan fingerprint density at radius 3 is 2.52 bits per heavy atom. The number of pyridine rings is 2. The van der Waals surface area contributed by atoms with Crippen molar-refractivity contribution < 1.29 is 8.53 Å². The van der Waals surface area contributed by atoms with Crippen LogP contribution in [0, 0.1) is 12.3 Å². The number of aromatic nitrogens is 2. The highest BCUT2D eigenvalue weighted by Crippen LogP contribution is 2.42. The van der Waals surface area contributed by atoms with Crippen molar-refractivity contribution in [2.45, 2.75) is 46.9 Å². The van der Waals surface area contributed by atoms with E-state index in [1.54, 1.807) is 12.1 Å². The van der Waals surface area contributed by atoms with Crippen LogP contribution >= 0.6 is 0 Å². The van der Waals surface area contributed by atoms with Gasteiger partial charge < -0.3 is 4.42 Å². The molecule has 4 aromatic rings. The van der Waals surface area contributed by atoms with Crippen LogP contribution in [0.2, 0.25) is 0 Å². The van der Waals surface area contributed by atoms with Gasteiger partial charge in [0.2, 0.25) is 5.71 Å². The van der Waals surface area contributed by atoms with Gasteiger partial charge in [0.15, 0.2) is 0 Å². The molecular weight excluding hydrogens is 332 g/mol. The van der Waals surface area contributed by atoms with E-state index in [0.29, 0.717) is 11.3 Å². The van der Waals surface area contributed by atoms with Crippen molar-refractivity contribution in [3.8, 4) is 11.3 Å². The van der Waals surface area contributed by atoms with Gasteiger partial charge in [-0.1, -0.05) is 46.8 Å². The van der Waals surface area contributed by atoms with E-state index < -0.39 is 6.85 Å². The Labute approximate surface area is 164 Å². The second-order valence-electron chi connectivity index (χ2n) is 8.64. The summed E-state index contributed by atoms with van der Waals surface area (Å²) in [4.78, 5) is 8.87. The number of fused-ring (bicyclic) bond motifs is 3. The molecule has 0 spiro atoms. The topological polar surface area (TPSA) is 38.9 Å². The van der Waals surface area contributed by atoms with Gasteiger partial charge in [0.05, 0.1) is 5.69 Å². The largest absolute Gasteiger partial charge is 0.437 e. The maximum Gasteiger partial charge on any atom is 0.227 e. The van der Waals surface area contributed by atoms with Crippen LogP contribution in [0.5, 0.6) is 0 Å². The summed E-state index contributed by atoms with van der Waals surface area (Å²) in [5, 5.41) is 1.69. The zero-order valence-corrected chi connectivity index (χ0v) is 16.4. The molecule has 0 atom stereocenters. The van der Waals surface area contributed by atoms with Crippen LogP contribution in [0.3, 0.4) is 0 Å². The number of para-hydroxylation sites is 1. The maximum absolute atomic E-state index is 7.61. The van der Waals surface area contributed by atoms with Crippen LogP contribution in [0.1, 0.15) is 50.0 Å². The fourth-order valence-corrected chi connectivity index (χ4v) is 3.28. The van der Waals surface area contributed by atoms with E-state index >= 15 is 0 Å². The second kappa shape index (κ2) is 5.91. The molecule has 3 heterocycles. The minimum Gasteiger partial charge on any atom is -0.437 e. The summed E-state index contributed by atoms with van der Waals surface area (Å²) in [6, 6.07) is 13.4. The van der Waals surface area contributed by atoms with E-state index in [1.807, 2.05) is 24.4 Å². The third-order valence-corrected chi connectivity index (χ3v) is 6.00. The molecule has 0 unspecified atom stereocenters. The summed E-state index contributed by atoms with van der Waals surface area (Å²) in [6.45, 7) is 8.93. The SMILES string of the molecule is [2H]C([2H])([2H])c1ccc2c(n1)oc1c(-c3cc(C(C)(C)C(C)(C)C)ccn3)cccc12. The lowest BCUT2D eigenvalue weighted by Crippen LogP contribution is -2.33. The molecule has 0 saturated carbocycles. The first kappa shape index (κ1) is 14.4. The second-order valence-corrected chi connectivity index (χ2v) is 8.64. The Hall–Kier alpha value is -2.68. The van der Waals surface area contributed by atoms with Crippen LogP contribution in [0.4, 0.5) is 0 Å². The van der Waals surface area contributed by atoms with Crippen LogP contribution in [0.25, 0.3) is 33.3 Å². The highest BCUT2D eigenvalue weighted by atomic mass is 16.3. The number of hydrogen-bond acceptors (Lipinski definition) is 3. The van der Waals surface area contributed by atoms with E-state index in [4.69, 9.17) is 8.53 Å². The van der Waals surface area contributed by atoms with Gasteiger partial charge in [-0.15, -0.1) is 0 Å². The van der Waals surface area contributed by atoms with E-state index in [1.165, 1.54) is 5.56 Å². The quantitative estimate of drug-likeness (QED) is 0.400. The number of nitrogens with zero attached hydrogens (tertiary/aromatic N) is 2. The summed E-state index contributed by atoms with van der Waals surface area (Å²) < 4.78 is 28.9. The first-order chi connectivity index (χ1) is 13.9. The number of benzene rings is 1. The van der Waals surface area contributed by atoms with E-state index in [2.05, 4.69) is 56.7 Å². The smallest absolute Gasteiger partial charge is 0.227 e. The van der Waals surface area contributed by atoms with E-state index in [0.717, 1.165) is 22.0 Å². The molecule has 3 heteroatoms. The molecule has 0 saturated heterocycles. The number of aryl methyl sites for hydroxylation is 1. The molecule has 1 aromatic carbocycles. The van der Waals surface area contributed by atoms with Gasteiger partial charge in [-0.3, -0.25) is 4.98 Å². The fraction of sp³-hybridized carbons (Fsp3) is 0.333. The van der Waals surface area contributed by atoms with Crippen molar-refractivity contribution in [3.63, 3.8) is 0 Å². The molecule has 0 amide bonds. The van der Waals surface area contributed by atoms with Gasteiger partial charge in [-0.05, 0) is 53.6 Å². The number of furan rings is 1. The highest BCUT2D eigenvalue weighted by Gasteiger charge is 2.34. The average molecular weight is 362 g/mol. The van der Waals surface area contributed by atoms with Crippen molar-refractivity contribution in [1.82, 2.24) is 9.97 Å². The lowest BCUT2D eigenvalue weighted by atomic mass is 9.65. The van der Waals surface area contributed by atoms with Crippen molar-refractivity contribution in [1.29, 1.82) is 0 Å². The Balaban J connectivity index is 1.91. The molecule has 0 bridgehead atoms. The van der Waals surface area contributed by atoms with E-state index in [9.17, 15) is 0 Å². The zero-order valence-electron chi connectivity index (χ0n) is 19.4. The highest BCUT2D eigenvalue weighted by molar-refractivity contribution is 6.08. The molecule has 4 rings (SSSR count). The van der Waals surface area contributed by atoms with Crippen LogP contribution in [-0.4, -0.2) is 9.97 Å². The molecule has 138 valence electrons. The lowest BCUT2D eigenvalue weighted by molar-refractivity contribution is 0.225. The van der Waals surface area contributed by atoms with Crippen molar-refractivity contribution in [2.24, 2.45) is 5.41 Å². The molecule has 0 aliphatic rings. The standard InChI is InChI=1S/C24H26N2O/c1-15-10-11-18-17-8-7-9-19(21(17)27-22(18)26-15)20-14-16(12-13-25-20)24(5,6)23(2,3)4/h7-14H,1-6H3/i1D3. The summed E-state index contributed by atoms with van der Waals surface area (Å²) in [5.41, 5.74) is 3.95. The lowest BCUT2D eigenvalue weighted by Gasteiger charge is -2.39.